The van der Waals surface area contributed by atoms with E-state index in [4.69, 9.17) is 9.47 Å². The fourth-order valence-electron chi connectivity index (χ4n) is 1.89. The maximum atomic E-state index is 11.7. The number of nitrogens with one attached hydrogen (secondary N) is 2. The number of carbonyl (C=O) groups excluding carboxylic acids is 3. The number of amides is 1. The van der Waals surface area contributed by atoms with Gasteiger partial charge in [0.05, 0.1) is 19.2 Å². The van der Waals surface area contributed by atoms with Crippen molar-refractivity contribution in [3.8, 4) is 5.75 Å². The number of benzene rings is 1. The lowest BCUT2D eigenvalue weighted by atomic mass is 10.2. The second-order valence-electron chi connectivity index (χ2n) is 6.45. The molecule has 0 saturated heterocycles. The summed E-state index contributed by atoms with van der Waals surface area (Å²) in [5, 5.41) is 5.54. The summed E-state index contributed by atoms with van der Waals surface area (Å²) in [4.78, 5) is 34.5. The van der Waals surface area contributed by atoms with Crippen LogP contribution in [-0.2, 0) is 14.3 Å². The van der Waals surface area contributed by atoms with E-state index >= 15 is 0 Å². The van der Waals surface area contributed by atoms with E-state index in [1.165, 1.54) is 31.4 Å². The summed E-state index contributed by atoms with van der Waals surface area (Å²) in [6.45, 7) is 6.48. The van der Waals surface area contributed by atoms with Crippen LogP contribution < -0.4 is 15.4 Å². The number of hydrogen-bond donors (Lipinski definition) is 2. The summed E-state index contributed by atoms with van der Waals surface area (Å²) in [5.41, 5.74) is -0.129. The molecular weight excluding hydrogens is 340 g/mol. The van der Waals surface area contributed by atoms with E-state index in [-0.39, 0.29) is 12.5 Å². The lowest BCUT2D eigenvalue weighted by Crippen LogP contribution is -2.33. The van der Waals surface area contributed by atoms with Crippen molar-refractivity contribution >= 4 is 18.0 Å². The van der Waals surface area contributed by atoms with Gasteiger partial charge in [0, 0.05) is 6.54 Å². The highest BCUT2D eigenvalue weighted by Crippen LogP contribution is 2.13. The monoisotopic (exact) mass is 366 g/mol. The van der Waals surface area contributed by atoms with Crippen LogP contribution in [0.2, 0.25) is 0 Å². The number of methoxy groups -OCH3 is 1. The molecule has 0 aliphatic carbocycles. The fourth-order valence-corrected chi connectivity index (χ4v) is 1.89. The van der Waals surface area contributed by atoms with Gasteiger partial charge >= 0.3 is 18.0 Å². The predicted octanol–water partition coefficient (Wildman–Crippen LogP) is 1.88. The first-order chi connectivity index (χ1) is 12.2. The zero-order valence-corrected chi connectivity index (χ0v) is 15.6. The predicted molar refractivity (Wildman–Crippen MR) is 95.1 cm³/mol. The highest BCUT2D eigenvalue weighted by atomic mass is 16.6. The highest BCUT2D eigenvalue weighted by Gasteiger charge is 2.15. The van der Waals surface area contributed by atoms with Crippen molar-refractivity contribution in [1.82, 2.24) is 10.6 Å². The van der Waals surface area contributed by atoms with E-state index in [1.54, 1.807) is 0 Å². The lowest BCUT2D eigenvalue weighted by molar-refractivity contribution is -0.153. The summed E-state index contributed by atoms with van der Waals surface area (Å²) in [7, 11) is 1.29. The largest absolute Gasteiger partial charge is 0.465 e. The van der Waals surface area contributed by atoms with Crippen molar-refractivity contribution in [3.05, 3.63) is 29.8 Å². The summed E-state index contributed by atoms with van der Waals surface area (Å²) in [6.07, 6.45) is 0.0297. The SMILES string of the molecule is COC(=O)c1ccc(OC(=O)NCCCNCC(=O)OC(C)(C)C)cc1. The minimum absolute atomic E-state index is 0.119. The molecule has 0 heterocycles. The molecule has 0 spiro atoms. The van der Waals surface area contributed by atoms with Crippen molar-refractivity contribution in [2.75, 3.05) is 26.7 Å². The molecule has 1 aromatic carbocycles. The van der Waals surface area contributed by atoms with Crippen molar-refractivity contribution in [2.24, 2.45) is 0 Å². The van der Waals surface area contributed by atoms with Crippen molar-refractivity contribution in [3.63, 3.8) is 0 Å². The summed E-state index contributed by atoms with van der Waals surface area (Å²) in [5.74, 6) is -0.460. The van der Waals surface area contributed by atoms with Crippen LogP contribution in [-0.4, -0.2) is 50.4 Å². The molecular formula is C18H26N2O6. The molecule has 0 unspecified atom stereocenters. The van der Waals surface area contributed by atoms with Gasteiger partial charge in [-0.05, 0) is 58.0 Å². The van der Waals surface area contributed by atoms with E-state index < -0.39 is 17.7 Å². The van der Waals surface area contributed by atoms with Crippen LogP contribution in [0.5, 0.6) is 5.75 Å². The zero-order chi connectivity index (χ0) is 19.6. The van der Waals surface area contributed by atoms with Crippen molar-refractivity contribution in [2.45, 2.75) is 32.8 Å². The third kappa shape index (κ3) is 9.03. The smallest absolute Gasteiger partial charge is 0.412 e. The van der Waals surface area contributed by atoms with Gasteiger partial charge in [0.25, 0.3) is 0 Å². The quantitative estimate of drug-likeness (QED) is 0.535. The number of hydrogen-bond acceptors (Lipinski definition) is 7. The van der Waals surface area contributed by atoms with Gasteiger partial charge in [-0.2, -0.15) is 0 Å². The number of carbonyl (C=O) groups is 3. The first-order valence-corrected chi connectivity index (χ1v) is 8.28. The topological polar surface area (TPSA) is 103 Å². The summed E-state index contributed by atoms with van der Waals surface area (Å²) >= 11 is 0. The van der Waals surface area contributed by atoms with Gasteiger partial charge in [0.1, 0.15) is 11.4 Å². The van der Waals surface area contributed by atoms with Gasteiger partial charge in [0.15, 0.2) is 0 Å². The Morgan fingerprint density at radius 1 is 1.04 bits per heavy atom. The van der Waals surface area contributed by atoms with Gasteiger partial charge in [-0.3, -0.25) is 4.79 Å². The van der Waals surface area contributed by atoms with Crippen LogP contribution in [0.15, 0.2) is 24.3 Å². The maximum absolute atomic E-state index is 11.7. The summed E-state index contributed by atoms with van der Waals surface area (Å²) < 4.78 is 14.8. The highest BCUT2D eigenvalue weighted by molar-refractivity contribution is 5.89. The van der Waals surface area contributed by atoms with Gasteiger partial charge in [0.2, 0.25) is 0 Å². The van der Waals surface area contributed by atoms with E-state index in [9.17, 15) is 14.4 Å². The number of rotatable bonds is 8. The molecule has 0 aliphatic heterocycles. The van der Waals surface area contributed by atoms with E-state index in [2.05, 4.69) is 15.4 Å². The van der Waals surface area contributed by atoms with Crippen LogP contribution in [0.1, 0.15) is 37.6 Å². The Kier molecular flexibility index (Phi) is 8.57. The van der Waals surface area contributed by atoms with Crippen LogP contribution in [0.25, 0.3) is 0 Å². The normalized spacial score (nSPS) is 10.8. The van der Waals surface area contributed by atoms with Crippen LogP contribution >= 0.6 is 0 Å². The molecule has 0 bridgehead atoms. The maximum Gasteiger partial charge on any atom is 0.412 e. The van der Waals surface area contributed by atoms with Gasteiger partial charge in [-0.1, -0.05) is 0 Å². The van der Waals surface area contributed by atoms with Crippen molar-refractivity contribution < 1.29 is 28.6 Å². The van der Waals surface area contributed by atoms with E-state index in [0.29, 0.717) is 30.8 Å². The molecule has 8 nitrogen and oxygen atoms in total. The molecule has 0 atom stereocenters. The first-order valence-electron chi connectivity index (χ1n) is 8.28. The lowest BCUT2D eigenvalue weighted by Gasteiger charge is -2.19. The molecule has 2 N–H and O–H groups in total. The molecule has 144 valence electrons. The van der Waals surface area contributed by atoms with Gasteiger partial charge in [-0.15, -0.1) is 0 Å². The Labute approximate surface area is 153 Å². The second kappa shape index (κ2) is 10.4. The van der Waals surface area contributed by atoms with Crippen molar-refractivity contribution in [1.29, 1.82) is 0 Å². The average molecular weight is 366 g/mol. The van der Waals surface area contributed by atoms with Crippen LogP contribution in [0.4, 0.5) is 4.79 Å². The van der Waals surface area contributed by atoms with Crippen LogP contribution in [0.3, 0.4) is 0 Å². The zero-order valence-electron chi connectivity index (χ0n) is 15.6. The Balaban J connectivity index is 2.17. The molecule has 0 aliphatic rings. The molecule has 0 aromatic heterocycles. The Morgan fingerprint density at radius 2 is 1.69 bits per heavy atom. The molecule has 1 amide bonds. The molecule has 8 heteroatoms. The number of esters is 2. The average Bonchev–Trinajstić information content (AvgIpc) is 2.56. The standard InChI is InChI=1S/C18H26N2O6/c1-18(2,3)26-15(21)12-19-10-5-11-20-17(23)25-14-8-6-13(7-9-14)16(22)24-4/h6-9,19H,5,10-12H2,1-4H3,(H,20,23). The Morgan fingerprint density at radius 3 is 2.27 bits per heavy atom. The van der Waals surface area contributed by atoms with Crippen LogP contribution in [0, 0.1) is 0 Å². The first kappa shape index (κ1) is 21.4. The molecule has 0 fully saturated rings. The van der Waals surface area contributed by atoms with E-state index in [1.807, 2.05) is 20.8 Å². The molecule has 26 heavy (non-hydrogen) atoms. The molecule has 0 radical (unpaired) electrons. The van der Waals surface area contributed by atoms with Gasteiger partial charge < -0.3 is 24.8 Å². The third-order valence-corrected chi connectivity index (χ3v) is 2.97. The molecule has 1 aromatic rings. The fraction of sp³-hybridized carbons (Fsp3) is 0.500. The molecule has 0 saturated carbocycles. The Bertz CT molecular complexity index is 607. The van der Waals surface area contributed by atoms with E-state index in [0.717, 1.165) is 0 Å². The number of ether oxygens (including phenoxy) is 3. The minimum Gasteiger partial charge on any atom is -0.465 e. The van der Waals surface area contributed by atoms with Gasteiger partial charge in [-0.25, -0.2) is 9.59 Å². The Hall–Kier alpha value is -2.61. The summed E-state index contributed by atoms with van der Waals surface area (Å²) in [6, 6.07) is 6.03. The second-order valence-corrected chi connectivity index (χ2v) is 6.45. The third-order valence-electron chi connectivity index (χ3n) is 2.97. The minimum atomic E-state index is -0.594. The molecule has 1 rings (SSSR count).